The summed E-state index contributed by atoms with van der Waals surface area (Å²) in [5.74, 6) is 0.334. The second-order valence-corrected chi connectivity index (χ2v) is 6.76. The van der Waals surface area contributed by atoms with Crippen molar-refractivity contribution in [1.29, 1.82) is 5.26 Å². The Kier molecular flexibility index (Phi) is 6.33. The van der Waals surface area contributed by atoms with E-state index in [0.717, 1.165) is 12.1 Å². The molecule has 2 atom stereocenters. The molecule has 0 unspecified atom stereocenters. The van der Waals surface area contributed by atoms with Crippen molar-refractivity contribution in [2.45, 2.75) is 31.3 Å². The minimum absolute atomic E-state index is 0.182. The summed E-state index contributed by atoms with van der Waals surface area (Å²) in [7, 11) is 0. The Morgan fingerprint density at radius 3 is 2.32 bits per heavy atom. The first-order valence-corrected chi connectivity index (χ1v) is 8.95. The van der Waals surface area contributed by atoms with Crippen LogP contribution in [0.15, 0.2) is 42.5 Å². The number of ether oxygens (including phenoxy) is 2. The lowest BCUT2D eigenvalue weighted by molar-refractivity contribution is -0.215. The number of anilines is 1. The molecule has 1 aliphatic rings. The maximum atomic E-state index is 13.5. The molecule has 2 aromatic carbocycles. The Balaban J connectivity index is 1.81. The minimum atomic E-state index is -4.90. The number of nitriles is 1. The number of hydrogen-bond donors (Lipinski definition) is 1. The van der Waals surface area contributed by atoms with Crippen molar-refractivity contribution in [3.63, 3.8) is 0 Å². The molecule has 0 spiro atoms. The summed E-state index contributed by atoms with van der Waals surface area (Å²) in [6.45, 7) is -0.829. The number of halogens is 6. The van der Waals surface area contributed by atoms with Gasteiger partial charge in [-0.05, 0) is 35.9 Å². The first-order chi connectivity index (χ1) is 14.5. The summed E-state index contributed by atoms with van der Waals surface area (Å²) in [5.41, 5.74) is -1.76. The fourth-order valence-electron chi connectivity index (χ4n) is 3.12. The number of nitrogens with zero attached hydrogens (tertiary/aromatic N) is 2. The molecule has 0 saturated carbocycles. The lowest BCUT2D eigenvalue weighted by atomic mass is 10.1. The van der Waals surface area contributed by atoms with Gasteiger partial charge in [0.1, 0.15) is 18.5 Å². The van der Waals surface area contributed by atoms with Crippen molar-refractivity contribution in [1.82, 2.24) is 0 Å². The van der Waals surface area contributed by atoms with Crippen molar-refractivity contribution in [3.8, 4) is 11.8 Å². The fraction of sp³-hybridized carbons (Fsp3) is 0.350. The van der Waals surface area contributed by atoms with E-state index >= 15 is 0 Å². The van der Waals surface area contributed by atoms with E-state index in [1.54, 1.807) is 12.1 Å². The number of hydrogen-bond acceptors (Lipinski definition) is 5. The quantitative estimate of drug-likeness (QED) is 0.696. The molecule has 0 amide bonds. The minimum Gasteiger partial charge on any atom is -0.491 e. The molecule has 2 aromatic rings. The van der Waals surface area contributed by atoms with E-state index < -0.39 is 35.8 Å². The highest BCUT2D eigenvalue weighted by molar-refractivity contribution is 5.56. The van der Waals surface area contributed by atoms with E-state index in [2.05, 4.69) is 0 Å². The number of benzene rings is 2. The highest BCUT2D eigenvalue weighted by Crippen LogP contribution is 2.39. The van der Waals surface area contributed by atoms with Gasteiger partial charge in [-0.3, -0.25) is 0 Å². The van der Waals surface area contributed by atoms with Gasteiger partial charge in [-0.2, -0.15) is 31.6 Å². The maximum Gasteiger partial charge on any atom is 0.433 e. The molecule has 0 aromatic heterocycles. The number of rotatable bonds is 5. The third-order valence-electron chi connectivity index (χ3n) is 4.59. The van der Waals surface area contributed by atoms with Gasteiger partial charge in [0.2, 0.25) is 6.23 Å². The Hall–Kier alpha value is -2.97. The molecular formula is C20H16F6N2O3. The van der Waals surface area contributed by atoms with Crippen LogP contribution in [-0.2, 0) is 17.5 Å². The zero-order valence-electron chi connectivity index (χ0n) is 15.7. The van der Waals surface area contributed by atoms with Crippen molar-refractivity contribution >= 4 is 5.69 Å². The van der Waals surface area contributed by atoms with Gasteiger partial charge in [0.05, 0.1) is 30.3 Å². The van der Waals surface area contributed by atoms with Crippen LogP contribution in [0.3, 0.4) is 0 Å². The lowest BCUT2D eigenvalue weighted by Gasteiger charge is -2.27. The third-order valence-corrected chi connectivity index (χ3v) is 4.59. The molecule has 0 bridgehead atoms. The lowest BCUT2D eigenvalue weighted by Crippen LogP contribution is -2.42. The Morgan fingerprint density at radius 2 is 1.77 bits per heavy atom. The number of aliphatic hydroxyl groups is 1. The molecular weight excluding hydrogens is 430 g/mol. The van der Waals surface area contributed by atoms with E-state index in [9.17, 15) is 26.3 Å². The zero-order chi connectivity index (χ0) is 22.8. The standard InChI is InChI=1S/C20H16F6N2O3/c21-19(22,23)17-7-14(4-3-13(17)8-27)28-9-16(31-18(28)20(24,25)26)11-30-15-5-1-12(10-29)2-6-15/h1-7,16,18,29H,9-11H2/t16-,18+/m0/s1. The third kappa shape index (κ3) is 5.21. The second kappa shape index (κ2) is 8.64. The van der Waals surface area contributed by atoms with Crippen LogP contribution in [0.5, 0.6) is 5.75 Å². The van der Waals surface area contributed by atoms with Gasteiger partial charge in [-0.25, -0.2) is 0 Å². The normalized spacial score (nSPS) is 19.4. The summed E-state index contributed by atoms with van der Waals surface area (Å²) in [6.07, 6.45) is -13.3. The summed E-state index contributed by atoms with van der Waals surface area (Å²) >= 11 is 0. The van der Waals surface area contributed by atoms with E-state index in [-0.39, 0.29) is 25.4 Å². The smallest absolute Gasteiger partial charge is 0.433 e. The monoisotopic (exact) mass is 446 g/mol. The van der Waals surface area contributed by atoms with Gasteiger partial charge >= 0.3 is 12.4 Å². The van der Waals surface area contributed by atoms with Crippen LogP contribution in [0.4, 0.5) is 32.0 Å². The first-order valence-electron chi connectivity index (χ1n) is 8.95. The molecule has 0 aliphatic carbocycles. The fourth-order valence-corrected chi connectivity index (χ4v) is 3.12. The van der Waals surface area contributed by atoms with Gasteiger partial charge in [-0.1, -0.05) is 12.1 Å². The van der Waals surface area contributed by atoms with Crippen LogP contribution < -0.4 is 9.64 Å². The highest BCUT2D eigenvalue weighted by atomic mass is 19.4. The predicted molar refractivity (Wildman–Crippen MR) is 96.1 cm³/mol. The summed E-state index contributed by atoms with van der Waals surface area (Å²) in [4.78, 5) is 0.666. The molecule has 1 saturated heterocycles. The average Bonchev–Trinajstić information content (AvgIpc) is 3.16. The van der Waals surface area contributed by atoms with E-state index in [1.165, 1.54) is 18.2 Å². The molecule has 1 heterocycles. The summed E-state index contributed by atoms with van der Waals surface area (Å²) in [5, 5.41) is 17.9. The Morgan fingerprint density at radius 1 is 1.10 bits per heavy atom. The maximum absolute atomic E-state index is 13.5. The van der Waals surface area contributed by atoms with Gasteiger partial charge in [0.25, 0.3) is 0 Å². The molecule has 166 valence electrons. The van der Waals surface area contributed by atoms with Crippen LogP contribution in [0.2, 0.25) is 0 Å². The van der Waals surface area contributed by atoms with E-state index in [4.69, 9.17) is 19.8 Å². The van der Waals surface area contributed by atoms with E-state index in [0.29, 0.717) is 22.3 Å². The molecule has 5 nitrogen and oxygen atoms in total. The second-order valence-electron chi connectivity index (χ2n) is 6.76. The molecule has 11 heteroatoms. The predicted octanol–water partition coefficient (Wildman–Crippen LogP) is 4.24. The van der Waals surface area contributed by atoms with Gasteiger partial charge in [0, 0.05) is 5.69 Å². The summed E-state index contributed by atoms with van der Waals surface area (Å²) < 4.78 is 90.6. The molecule has 1 N–H and O–H groups in total. The van der Waals surface area contributed by atoms with Crippen molar-refractivity contribution in [2.24, 2.45) is 0 Å². The summed E-state index contributed by atoms with van der Waals surface area (Å²) in [6, 6.07) is 9.95. The average molecular weight is 446 g/mol. The van der Waals surface area contributed by atoms with Crippen LogP contribution in [0.1, 0.15) is 16.7 Å². The molecule has 1 aliphatic heterocycles. The Labute approximate surface area is 173 Å². The topological polar surface area (TPSA) is 65.7 Å². The number of alkyl halides is 6. The number of aliphatic hydroxyl groups excluding tert-OH is 1. The zero-order valence-corrected chi connectivity index (χ0v) is 15.7. The molecule has 31 heavy (non-hydrogen) atoms. The van der Waals surface area contributed by atoms with Gasteiger partial charge in [-0.15, -0.1) is 0 Å². The van der Waals surface area contributed by atoms with Gasteiger partial charge < -0.3 is 19.5 Å². The molecule has 0 radical (unpaired) electrons. The SMILES string of the molecule is N#Cc1ccc(N2C[C@@H](COc3ccc(CO)cc3)O[C@@H]2C(F)(F)F)cc1C(F)(F)F. The van der Waals surface area contributed by atoms with Crippen LogP contribution in [-0.4, -0.2) is 36.8 Å². The van der Waals surface area contributed by atoms with Crippen LogP contribution in [0.25, 0.3) is 0 Å². The first kappa shape index (κ1) is 22.7. The van der Waals surface area contributed by atoms with Crippen molar-refractivity contribution in [3.05, 3.63) is 59.2 Å². The largest absolute Gasteiger partial charge is 0.491 e. The van der Waals surface area contributed by atoms with Crippen LogP contribution >= 0.6 is 0 Å². The van der Waals surface area contributed by atoms with Crippen LogP contribution in [0, 0.1) is 11.3 Å². The van der Waals surface area contributed by atoms with E-state index in [1.807, 2.05) is 0 Å². The van der Waals surface area contributed by atoms with Crippen molar-refractivity contribution < 1.29 is 40.9 Å². The molecule has 3 rings (SSSR count). The Bertz CT molecular complexity index is 953. The molecule has 1 fully saturated rings. The van der Waals surface area contributed by atoms with Gasteiger partial charge in [0.15, 0.2) is 0 Å². The van der Waals surface area contributed by atoms with Crippen molar-refractivity contribution in [2.75, 3.05) is 18.1 Å². The highest BCUT2D eigenvalue weighted by Gasteiger charge is 2.51.